The lowest BCUT2D eigenvalue weighted by atomic mass is 9.87. The second-order valence-electron chi connectivity index (χ2n) is 10.4. The van der Waals surface area contributed by atoms with Gasteiger partial charge in [0.15, 0.2) is 0 Å². The maximum Gasteiger partial charge on any atom is 0.237 e. The third-order valence-electron chi connectivity index (χ3n) is 5.90. The average Bonchev–Trinajstić information content (AvgIpc) is 2.92. The van der Waals surface area contributed by atoms with E-state index in [9.17, 15) is 19.1 Å². The van der Waals surface area contributed by atoms with Crippen molar-refractivity contribution >= 4 is 11.8 Å². The van der Waals surface area contributed by atoms with Gasteiger partial charge < -0.3 is 31.7 Å². The van der Waals surface area contributed by atoms with Crippen LogP contribution in [0.1, 0.15) is 65.9 Å². The molecule has 0 aromatic heterocycles. The first-order chi connectivity index (χ1) is 18.8. The molecule has 0 saturated heterocycles. The molecule has 7 N–H and O–H groups in total. The van der Waals surface area contributed by atoms with E-state index in [1.165, 1.54) is 6.07 Å². The Hall–Kier alpha value is -3.01. The second kappa shape index (κ2) is 21.8. The number of allylic oxidation sites excluding steroid dienone is 4. The van der Waals surface area contributed by atoms with Crippen LogP contribution in [0.5, 0.6) is 5.75 Å². The Bertz CT molecular complexity index is 928. The lowest BCUT2D eigenvalue weighted by Gasteiger charge is -2.26. The van der Waals surface area contributed by atoms with Gasteiger partial charge in [0, 0.05) is 19.6 Å². The van der Waals surface area contributed by atoms with E-state index < -0.39 is 18.1 Å². The fourth-order valence-corrected chi connectivity index (χ4v) is 3.44. The Kier molecular flexibility index (Phi) is 21.3. The lowest BCUT2D eigenvalue weighted by molar-refractivity contribution is -0.125. The number of aryl methyl sites for hydroxylation is 1. The number of primary amides is 1. The number of aliphatic hydroxyl groups is 2. The molecule has 0 radical (unpaired) electrons. The van der Waals surface area contributed by atoms with E-state index in [0.29, 0.717) is 6.42 Å². The Balaban J connectivity index is 0. The van der Waals surface area contributed by atoms with Gasteiger partial charge in [-0.1, -0.05) is 71.1 Å². The number of aliphatic hydroxyl groups excluding tert-OH is 2. The number of fused-ring (bicyclic) bond motifs is 1. The van der Waals surface area contributed by atoms with E-state index in [-0.39, 0.29) is 36.0 Å². The minimum atomic E-state index is -0.796. The highest BCUT2D eigenvalue weighted by molar-refractivity contribution is 5.82. The second-order valence-corrected chi connectivity index (χ2v) is 10.4. The van der Waals surface area contributed by atoms with Gasteiger partial charge in [0.2, 0.25) is 11.8 Å². The summed E-state index contributed by atoms with van der Waals surface area (Å²) < 4.78 is 18.0. The van der Waals surface area contributed by atoms with Gasteiger partial charge in [-0.3, -0.25) is 9.59 Å². The molecule has 1 aliphatic rings. The van der Waals surface area contributed by atoms with Crippen LogP contribution in [-0.4, -0.2) is 54.4 Å². The molecule has 0 aliphatic carbocycles. The topological polar surface area (TPSA) is 148 Å². The van der Waals surface area contributed by atoms with E-state index in [1.54, 1.807) is 24.3 Å². The number of ether oxygens (including phenoxy) is 1. The SMILES string of the molecule is C=C/C=C(/C)C=C.CCC[C@H](C[C@H](O)CNC(=O)[C@@H](N)C(C)(C)C)C(N)=O.CO.Fc1ccc2c(c1)CCCO2. The Morgan fingerprint density at radius 2 is 1.88 bits per heavy atom. The molecule has 8 nitrogen and oxygen atoms in total. The van der Waals surface area contributed by atoms with Crippen LogP contribution in [0.15, 0.2) is 55.2 Å². The quantitative estimate of drug-likeness (QED) is 0.269. The molecule has 9 heteroatoms. The summed E-state index contributed by atoms with van der Waals surface area (Å²) >= 11 is 0. The van der Waals surface area contributed by atoms with Crippen molar-refractivity contribution < 1.29 is 28.9 Å². The first-order valence-corrected chi connectivity index (χ1v) is 13.5. The molecule has 1 aromatic carbocycles. The number of hydrogen-bond donors (Lipinski definition) is 5. The highest BCUT2D eigenvalue weighted by Crippen LogP contribution is 2.24. The van der Waals surface area contributed by atoms with Crippen LogP contribution < -0.4 is 21.5 Å². The summed E-state index contributed by atoms with van der Waals surface area (Å²) in [6, 6.07) is 4.04. The summed E-state index contributed by atoms with van der Waals surface area (Å²) in [5.41, 5.74) is 12.9. The van der Waals surface area contributed by atoms with Crippen molar-refractivity contribution in [3.63, 3.8) is 0 Å². The maximum absolute atomic E-state index is 12.6. The fraction of sp³-hybridized carbons (Fsp3) is 0.548. The van der Waals surface area contributed by atoms with Gasteiger partial charge >= 0.3 is 0 Å². The van der Waals surface area contributed by atoms with E-state index in [4.69, 9.17) is 21.3 Å². The highest BCUT2D eigenvalue weighted by atomic mass is 19.1. The molecule has 1 aliphatic heterocycles. The van der Waals surface area contributed by atoms with E-state index in [2.05, 4.69) is 18.5 Å². The van der Waals surface area contributed by atoms with E-state index >= 15 is 0 Å². The minimum absolute atomic E-state index is 0.0795. The largest absolute Gasteiger partial charge is 0.493 e. The van der Waals surface area contributed by atoms with Gasteiger partial charge in [0.1, 0.15) is 11.6 Å². The van der Waals surface area contributed by atoms with Crippen LogP contribution in [0.2, 0.25) is 0 Å². The summed E-state index contributed by atoms with van der Waals surface area (Å²) in [7, 11) is 1.00. The Morgan fingerprint density at radius 3 is 2.35 bits per heavy atom. The van der Waals surface area contributed by atoms with E-state index in [0.717, 1.165) is 49.9 Å². The smallest absolute Gasteiger partial charge is 0.237 e. The van der Waals surface area contributed by atoms with Crippen molar-refractivity contribution in [1.29, 1.82) is 0 Å². The zero-order chi connectivity index (χ0) is 31.3. The number of amides is 2. The third-order valence-corrected chi connectivity index (χ3v) is 5.90. The van der Waals surface area contributed by atoms with Crippen LogP contribution in [0.25, 0.3) is 0 Å². The number of benzene rings is 1. The average molecular weight is 566 g/mol. The maximum atomic E-state index is 12.6. The lowest BCUT2D eigenvalue weighted by Crippen LogP contribution is -2.50. The molecule has 3 atom stereocenters. The van der Waals surface area contributed by atoms with Crippen molar-refractivity contribution in [2.24, 2.45) is 22.8 Å². The summed E-state index contributed by atoms with van der Waals surface area (Å²) in [6.45, 7) is 17.5. The van der Waals surface area contributed by atoms with Crippen molar-refractivity contribution in [2.45, 2.75) is 78.9 Å². The van der Waals surface area contributed by atoms with Gasteiger partial charge in [-0.2, -0.15) is 0 Å². The molecule has 2 rings (SSSR count). The normalized spacial score (nSPS) is 14.4. The van der Waals surface area contributed by atoms with Crippen LogP contribution >= 0.6 is 0 Å². The van der Waals surface area contributed by atoms with Crippen LogP contribution in [0.4, 0.5) is 4.39 Å². The molecule has 0 saturated carbocycles. The fourth-order valence-electron chi connectivity index (χ4n) is 3.44. The first-order valence-electron chi connectivity index (χ1n) is 13.5. The van der Waals surface area contributed by atoms with Gasteiger partial charge in [-0.25, -0.2) is 4.39 Å². The van der Waals surface area contributed by atoms with Crippen molar-refractivity contribution in [3.8, 4) is 5.75 Å². The molecule has 1 aromatic rings. The molecular weight excluding hydrogens is 513 g/mol. The van der Waals surface area contributed by atoms with E-state index in [1.807, 2.05) is 40.7 Å². The number of carbonyl (C=O) groups is 2. The zero-order valence-electron chi connectivity index (χ0n) is 25.2. The monoisotopic (exact) mass is 565 g/mol. The highest BCUT2D eigenvalue weighted by Gasteiger charge is 2.28. The predicted octanol–water partition coefficient (Wildman–Crippen LogP) is 4.19. The number of nitrogens with two attached hydrogens (primary N) is 2. The number of hydrogen-bond acceptors (Lipinski definition) is 6. The van der Waals surface area contributed by atoms with Crippen LogP contribution in [-0.2, 0) is 16.0 Å². The molecule has 2 amide bonds. The van der Waals surface area contributed by atoms with Crippen molar-refractivity contribution in [1.82, 2.24) is 5.32 Å². The van der Waals surface area contributed by atoms with Gasteiger partial charge in [-0.15, -0.1) is 0 Å². The third kappa shape index (κ3) is 17.6. The summed E-state index contributed by atoms with van der Waals surface area (Å²) in [4.78, 5) is 23.0. The molecule has 40 heavy (non-hydrogen) atoms. The molecular formula is C31H52FN3O5. The predicted molar refractivity (Wildman–Crippen MR) is 161 cm³/mol. The Labute approximate surface area is 240 Å². The molecule has 228 valence electrons. The summed E-state index contributed by atoms with van der Waals surface area (Å²) in [6.07, 6.45) is 8.31. The van der Waals surface area contributed by atoms with Crippen molar-refractivity contribution in [2.75, 3.05) is 20.3 Å². The Morgan fingerprint density at radius 1 is 1.25 bits per heavy atom. The van der Waals surface area contributed by atoms with Crippen molar-refractivity contribution in [3.05, 3.63) is 66.5 Å². The number of rotatable bonds is 10. The standard InChI is InChI=1S/C14H29N3O3.C9H9FO.C7H10.CH4O/c1-5-6-9(12(16)19)7-10(18)8-17-13(20)11(15)14(2,3)4;10-8-3-4-9-7(6-8)2-1-5-11-9;1-4-6-7(3)5-2;1-2/h9-11,18H,5-8,15H2,1-4H3,(H2,16,19)(H,17,20);3-4,6H,1-2,5H2;4-6H,1-2H2,3H3;2H,1H3/b;;7-6-;/t9-,10+,11-;;;/m1.../s1. The minimum Gasteiger partial charge on any atom is -0.493 e. The first kappa shape index (κ1) is 39.1. The summed E-state index contributed by atoms with van der Waals surface area (Å²) in [5.74, 6) is -0.402. The molecule has 0 fully saturated rings. The molecule has 0 unspecified atom stereocenters. The molecule has 0 bridgehead atoms. The number of nitrogens with one attached hydrogen (secondary N) is 1. The number of halogens is 1. The van der Waals surface area contributed by atoms with Crippen LogP contribution in [0.3, 0.4) is 0 Å². The summed E-state index contributed by atoms with van der Waals surface area (Å²) in [5, 5.41) is 19.5. The number of carbonyl (C=O) groups excluding carboxylic acids is 2. The molecule has 1 heterocycles. The van der Waals surface area contributed by atoms with Gasteiger partial charge in [0.05, 0.1) is 18.8 Å². The van der Waals surface area contributed by atoms with Gasteiger partial charge in [-0.05, 0) is 61.8 Å². The van der Waals surface area contributed by atoms with Crippen LogP contribution in [0, 0.1) is 17.2 Å². The molecule has 0 spiro atoms. The van der Waals surface area contributed by atoms with Gasteiger partial charge in [0.25, 0.3) is 0 Å². The zero-order valence-corrected chi connectivity index (χ0v) is 25.2.